The number of pyridine rings is 2. The molecule has 0 aliphatic heterocycles. The molecule has 5 aromatic rings. The molecule has 30 heavy (non-hydrogen) atoms. The maximum Gasteiger partial charge on any atom is 0.114 e. The van der Waals surface area contributed by atoms with Gasteiger partial charge in [0, 0.05) is 21.9 Å². The van der Waals surface area contributed by atoms with Gasteiger partial charge in [-0.3, -0.25) is 0 Å². The van der Waals surface area contributed by atoms with Gasteiger partial charge in [0.05, 0.1) is 11.0 Å². The molecule has 0 fully saturated rings. The molecule has 0 aliphatic carbocycles. The van der Waals surface area contributed by atoms with Crippen LogP contribution in [0.5, 0.6) is 0 Å². The van der Waals surface area contributed by atoms with Gasteiger partial charge in [0.25, 0.3) is 0 Å². The Morgan fingerprint density at radius 3 is 1.27 bits per heavy atom. The molecule has 3 aromatic carbocycles. The molecule has 0 aliphatic rings. The normalized spacial score (nSPS) is 10.1. The van der Waals surface area contributed by atoms with Gasteiger partial charge in [-0.15, -0.1) is 0 Å². The molecule has 0 amide bonds. The number of benzene rings is 3. The molecular weight excluding hydrogens is 364 g/mol. The summed E-state index contributed by atoms with van der Waals surface area (Å²) in [6, 6.07) is 31.9. The van der Waals surface area contributed by atoms with Crippen molar-refractivity contribution >= 4 is 21.8 Å². The highest BCUT2D eigenvalue weighted by molar-refractivity contribution is 6.04. The van der Waals surface area contributed by atoms with Crippen molar-refractivity contribution in [3.8, 4) is 23.7 Å². The van der Waals surface area contributed by atoms with Crippen molar-refractivity contribution < 1.29 is 0 Å². The lowest BCUT2D eigenvalue weighted by Crippen LogP contribution is -1.89. The molecule has 2 nitrogen and oxygen atoms in total. The van der Waals surface area contributed by atoms with Gasteiger partial charge in [0.15, 0.2) is 0 Å². The molecule has 0 atom stereocenters. The van der Waals surface area contributed by atoms with E-state index >= 15 is 0 Å². The molecule has 0 bridgehead atoms. The van der Waals surface area contributed by atoms with Crippen molar-refractivity contribution in [2.75, 3.05) is 0 Å². The first-order chi connectivity index (χ1) is 14.8. The predicted molar refractivity (Wildman–Crippen MR) is 122 cm³/mol. The van der Waals surface area contributed by atoms with Gasteiger partial charge in [-0.1, -0.05) is 48.2 Å². The Bertz CT molecular complexity index is 1360. The lowest BCUT2D eigenvalue weighted by molar-refractivity contribution is 1.34. The van der Waals surface area contributed by atoms with Crippen LogP contribution in [0.25, 0.3) is 21.8 Å². The van der Waals surface area contributed by atoms with Crippen molar-refractivity contribution in [2.24, 2.45) is 0 Å². The summed E-state index contributed by atoms with van der Waals surface area (Å²) >= 11 is 0. The number of rotatable bonds is 0. The number of aromatic nitrogens is 2. The maximum atomic E-state index is 4.71. The van der Waals surface area contributed by atoms with Crippen molar-refractivity contribution in [3.05, 3.63) is 120 Å². The van der Waals surface area contributed by atoms with Gasteiger partial charge in [-0.25, -0.2) is 9.97 Å². The standard InChI is InChI=1S/C28H16N2/c1-3-7-21(8-4-1)11-13-23-15-17-25-26-18-16-24(14-12-22-9-5-2-6-10-22)30-28(26)20-19-27(25)29-23/h1-10,15-20H. The van der Waals surface area contributed by atoms with Gasteiger partial charge < -0.3 is 0 Å². The fourth-order valence-electron chi connectivity index (χ4n) is 3.27. The first kappa shape index (κ1) is 17.7. The zero-order valence-electron chi connectivity index (χ0n) is 16.1. The quantitative estimate of drug-likeness (QED) is 0.259. The van der Waals surface area contributed by atoms with Crippen LogP contribution >= 0.6 is 0 Å². The van der Waals surface area contributed by atoms with Crippen LogP contribution in [0.4, 0.5) is 0 Å². The third-order valence-corrected chi connectivity index (χ3v) is 4.76. The Labute approximate surface area is 175 Å². The highest BCUT2D eigenvalue weighted by Crippen LogP contribution is 2.23. The number of fused-ring (bicyclic) bond motifs is 3. The van der Waals surface area contributed by atoms with Gasteiger partial charge in [0.1, 0.15) is 11.4 Å². The minimum Gasteiger partial charge on any atom is -0.239 e. The van der Waals surface area contributed by atoms with E-state index in [0.29, 0.717) is 0 Å². The van der Waals surface area contributed by atoms with E-state index in [1.807, 2.05) is 84.9 Å². The fourth-order valence-corrected chi connectivity index (χ4v) is 3.27. The van der Waals surface area contributed by atoms with E-state index in [1.165, 1.54) is 0 Å². The van der Waals surface area contributed by atoms with Gasteiger partial charge in [-0.2, -0.15) is 0 Å². The molecule has 0 spiro atoms. The van der Waals surface area contributed by atoms with E-state index in [-0.39, 0.29) is 0 Å². The second-order valence-electron chi connectivity index (χ2n) is 6.82. The van der Waals surface area contributed by atoms with E-state index in [9.17, 15) is 0 Å². The van der Waals surface area contributed by atoms with Gasteiger partial charge in [-0.05, 0) is 72.5 Å². The Morgan fingerprint density at radius 1 is 0.400 bits per heavy atom. The molecule has 0 radical (unpaired) electrons. The molecule has 0 unspecified atom stereocenters. The summed E-state index contributed by atoms with van der Waals surface area (Å²) in [6.45, 7) is 0. The molecule has 2 aromatic heterocycles. The van der Waals surface area contributed by atoms with Crippen molar-refractivity contribution in [1.29, 1.82) is 0 Å². The number of nitrogens with zero attached hydrogens (tertiary/aromatic N) is 2. The highest BCUT2D eigenvalue weighted by Gasteiger charge is 2.04. The highest BCUT2D eigenvalue weighted by atomic mass is 14.7. The molecule has 0 saturated carbocycles. The first-order valence-corrected chi connectivity index (χ1v) is 9.70. The topological polar surface area (TPSA) is 25.8 Å². The minimum absolute atomic E-state index is 0.754. The average Bonchev–Trinajstić information content (AvgIpc) is 2.82. The van der Waals surface area contributed by atoms with Crippen LogP contribution in [-0.4, -0.2) is 9.97 Å². The largest absolute Gasteiger partial charge is 0.239 e. The average molecular weight is 380 g/mol. The van der Waals surface area contributed by atoms with Crippen LogP contribution < -0.4 is 0 Å². The van der Waals surface area contributed by atoms with Crippen molar-refractivity contribution in [1.82, 2.24) is 9.97 Å². The molecule has 0 saturated heterocycles. The number of hydrogen-bond donors (Lipinski definition) is 0. The SMILES string of the molecule is C(#Cc1ccc2c(ccc3nc(C#Cc4ccccc4)ccc32)n1)c1ccccc1. The molecular formula is C28H16N2. The number of hydrogen-bond acceptors (Lipinski definition) is 2. The van der Waals surface area contributed by atoms with E-state index in [2.05, 4.69) is 35.8 Å². The summed E-state index contributed by atoms with van der Waals surface area (Å²) in [7, 11) is 0. The molecule has 2 heteroatoms. The van der Waals surface area contributed by atoms with Crippen LogP contribution in [0, 0.1) is 23.7 Å². The predicted octanol–water partition coefficient (Wildman–Crippen LogP) is 5.58. The summed E-state index contributed by atoms with van der Waals surface area (Å²) in [4.78, 5) is 9.42. The van der Waals surface area contributed by atoms with Crippen molar-refractivity contribution in [2.45, 2.75) is 0 Å². The van der Waals surface area contributed by atoms with Crippen LogP contribution in [-0.2, 0) is 0 Å². The van der Waals surface area contributed by atoms with Gasteiger partial charge in [0.2, 0.25) is 0 Å². The summed E-state index contributed by atoms with van der Waals surface area (Å²) in [5.41, 5.74) is 5.28. The molecule has 138 valence electrons. The van der Waals surface area contributed by atoms with E-state index in [0.717, 1.165) is 44.3 Å². The van der Waals surface area contributed by atoms with Crippen LogP contribution in [0.15, 0.2) is 97.1 Å². The van der Waals surface area contributed by atoms with Crippen LogP contribution in [0.2, 0.25) is 0 Å². The summed E-state index contributed by atoms with van der Waals surface area (Å²) in [5.74, 6) is 12.6. The monoisotopic (exact) mass is 380 g/mol. The second-order valence-corrected chi connectivity index (χ2v) is 6.82. The first-order valence-electron chi connectivity index (χ1n) is 9.70. The second kappa shape index (κ2) is 7.92. The Kier molecular flexibility index (Phi) is 4.67. The Hall–Kier alpha value is -4.40. The van der Waals surface area contributed by atoms with E-state index in [1.54, 1.807) is 0 Å². The summed E-state index contributed by atoms with van der Waals surface area (Å²) < 4.78 is 0. The Morgan fingerprint density at radius 2 is 0.833 bits per heavy atom. The molecule has 0 N–H and O–H groups in total. The fraction of sp³-hybridized carbons (Fsp3) is 0. The molecule has 5 rings (SSSR count). The Balaban J connectivity index is 1.50. The molecule has 2 heterocycles. The smallest absolute Gasteiger partial charge is 0.114 e. The lowest BCUT2D eigenvalue weighted by Gasteiger charge is -2.04. The van der Waals surface area contributed by atoms with Gasteiger partial charge >= 0.3 is 0 Å². The maximum absolute atomic E-state index is 4.71. The van der Waals surface area contributed by atoms with Crippen molar-refractivity contribution in [3.63, 3.8) is 0 Å². The van der Waals surface area contributed by atoms with Crippen LogP contribution in [0.3, 0.4) is 0 Å². The summed E-state index contributed by atoms with van der Waals surface area (Å²) in [6.07, 6.45) is 0. The minimum atomic E-state index is 0.754. The third-order valence-electron chi connectivity index (χ3n) is 4.76. The van der Waals surface area contributed by atoms with Crippen LogP contribution in [0.1, 0.15) is 22.5 Å². The third kappa shape index (κ3) is 3.76. The van der Waals surface area contributed by atoms with E-state index < -0.39 is 0 Å². The summed E-state index contributed by atoms with van der Waals surface area (Å²) in [5, 5.41) is 2.13. The van der Waals surface area contributed by atoms with E-state index in [4.69, 9.17) is 9.97 Å². The zero-order valence-corrected chi connectivity index (χ0v) is 16.1. The lowest BCUT2D eigenvalue weighted by atomic mass is 10.1. The zero-order chi connectivity index (χ0) is 20.2.